The summed E-state index contributed by atoms with van der Waals surface area (Å²) in [5.74, 6) is 2.39. The van der Waals surface area contributed by atoms with Gasteiger partial charge in [0.1, 0.15) is 17.7 Å². The molecule has 152 valence electrons. The average molecular weight is 393 g/mol. The van der Waals surface area contributed by atoms with Crippen LogP contribution in [-0.4, -0.2) is 52.2 Å². The van der Waals surface area contributed by atoms with Crippen molar-refractivity contribution in [2.45, 2.75) is 39.2 Å². The van der Waals surface area contributed by atoms with Gasteiger partial charge in [-0.25, -0.2) is 4.99 Å². The quantitative estimate of drug-likeness (QED) is 0.851. The lowest BCUT2D eigenvalue weighted by Gasteiger charge is -2.37. The fourth-order valence-corrected chi connectivity index (χ4v) is 4.74. The van der Waals surface area contributed by atoms with Gasteiger partial charge in [0.05, 0.1) is 23.5 Å². The van der Waals surface area contributed by atoms with Crippen LogP contribution < -0.4 is 10.1 Å². The Labute approximate surface area is 170 Å². The Balaban J connectivity index is 1.25. The highest BCUT2D eigenvalue weighted by atomic mass is 16.5. The normalized spacial score (nSPS) is 22.7. The summed E-state index contributed by atoms with van der Waals surface area (Å²) in [6, 6.07) is 6.23. The molecule has 1 saturated heterocycles. The number of nitrogens with one attached hydrogen (secondary N) is 1. The lowest BCUT2D eigenvalue weighted by molar-refractivity contribution is -0.116. The summed E-state index contributed by atoms with van der Waals surface area (Å²) in [5.41, 5.74) is 3.96. The number of likely N-dealkylation sites (tertiary alicyclic amines) is 1. The van der Waals surface area contributed by atoms with E-state index < -0.39 is 0 Å². The molecule has 0 bridgehead atoms. The Kier molecular flexibility index (Phi) is 4.33. The number of aliphatic imine (C=N–C) groups is 1. The Hall–Kier alpha value is -2.83. The van der Waals surface area contributed by atoms with Gasteiger partial charge in [0, 0.05) is 49.9 Å². The summed E-state index contributed by atoms with van der Waals surface area (Å²) in [5, 5.41) is 8.53. The first-order valence-electron chi connectivity index (χ1n) is 10.4. The fourth-order valence-electron chi connectivity index (χ4n) is 4.74. The van der Waals surface area contributed by atoms with E-state index in [4.69, 9.17) is 9.73 Å². The molecule has 2 aromatic rings. The summed E-state index contributed by atoms with van der Waals surface area (Å²) >= 11 is 0. The zero-order chi connectivity index (χ0) is 20.1. The van der Waals surface area contributed by atoms with Crippen molar-refractivity contribution in [1.82, 2.24) is 20.0 Å². The Morgan fingerprint density at radius 1 is 1.24 bits per heavy atom. The summed E-state index contributed by atoms with van der Waals surface area (Å²) in [6.45, 7) is 6.64. The second kappa shape index (κ2) is 6.90. The molecule has 1 aromatic carbocycles. The van der Waals surface area contributed by atoms with E-state index in [-0.39, 0.29) is 17.9 Å². The number of hydrogen-bond acceptors (Lipinski definition) is 5. The lowest BCUT2D eigenvalue weighted by atomic mass is 9.94. The molecule has 4 heterocycles. The molecule has 29 heavy (non-hydrogen) atoms. The zero-order valence-corrected chi connectivity index (χ0v) is 17.2. The van der Waals surface area contributed by atoms with Crippen LogP contribution in [0.5, 0.6) is 5.75 Å². The van der Waals surface area contributed by atoms with Gasteiger partial charge in [-0.3, -0.25) is 9.48 Å². The summed E-state index contributed by atoms with van der Waals surface area (Å²) < 4.78 is 8.22. The summed E-state index contributed by atoms with van der Waals surface area (Å²) in [7, 11) is 1.97. The van der Waals surface area contributed by atoms with Gasteiger partial charge >= 0.3 is 0 Å². The number of piperidine rings is 1. The van der Waals surface area contributed by atoms with E-state index in [1.807, 2.05) is 24.7 Å². The number of amidine groups is 1. The van der Waals surface area contributed by atoms with Crippen LogP contribution in [-0.2, 0) is 11.8 Å². The average Bonchev–Trinajstić information content (AvgIpc) is 3.21. The molecule has 5 rings (SSSR count). The van der Waals surface area contributed by atoms with Crippen molar-refractivity contribution in [2.75, 3.05) is 19.6 Å². The van der Waals surface area contributed by atoms with E-state index >= 15 is 0 Å². The van der Waals surface area contributed by atoms with Crippen molar-refractivity contribution >= 4 is 22.6 Å². The van der Waals surface area contributed by atoms with Crippen molar-refractivity contribution in [2.24, 2.45) is 18.0 Å². The van der Waals surface area contributed by atoms with Crippen molar-refractivity contribution < 1.29 is 9.53 Å². The molecule has 1 fully saturated rings. The number of carbonyl (C=O) groups excluding carboxylic acids is 1. The van der Waals surface area contributed by atoms with Gasteiger partial charge in [-0.1, -0.05) is 6.92 Å². The monoisotopic (exact) mass is 393 g/mol. The molecule has 7 heteroatoms. The topological polar surface area (TPSA) is 71.8 Å². The number of aryl methyl sites for hydroxylation is 2. The fraction of sp³-hybridized carbons (Fsp3) is 0.500. The Morgan fingerprint density at radius 3 is 2.83 bits per heavy atom. The van der Waals surface area contributed by atoms with Crippen LogP contribution in [0.2, 0.25) is 0 Å². The minimum absolute atomic E-state index is 0.0579. The highest BCUT2D eigenvalue weighted by Gasteiger charge is 2.33. The molecule has 1 unspecified atom stereocenters. The predicted octanol–water partition coefficient (Wildman–Crippen LogP) is 2.55. The molecule has 0 saturated carbocycles. The zero-order valence-electron chi connectivity index (χ0n) is 17.2. The first-order valence-corrected chi connectivity index (χ1v) is 10.4. The van der Waals surface area contributed by atoms with E-state index in [9.17, 15) is 4.79 Å². The molecular formula is C22H27N5O2. The number of rotatable bonds is 2. The molecule has 0 radical (unpaired) electrons. The first-order chi connectivity index (χ1) is 14.0. The maximum absolute atomic E-state index is 11.9. The van der Waals surface area contributed by atoms with Crippen molar-refractivity contribution in [3.05, 3.63) is 35.2 Å². The van der Waals surface area contributed by atoms with Crippen molar-refractivity contribution in [3.8, 4) is 5.75 Å². The minimum atomic E-state index is 0.0579. The van der Waals surface area contributed by atoms with Crippen molar-refractivity contribution in [3.63, 3.8) is 0 Å². The molecule has 0 spiro atoms. The van der Waals surface area contributed by atoms with Crippen molar-refractivity contribution in [1.29, 1.82) is 0 Å². The standard InChI is InChI=1S/C22H27N5O2/c1-13-10-18-19(12-23-22(18)28)24-21(13)27-8-6-15(7-9-27)29-16-4-5-20-17(11-16)14(2)25-26(20)3/h4-5,11,13,15H,6-10,12H2,1-3H3,(H,23,28). The third-order valence-electron chi connectivity index (χ3n) is 6.31. The highest BCUT2D eigenvalue weighted by molar-refractivity contribution is 6.00. The number of fused-ring (bicyclic) bond motifs is 1. The van der Waals surface area contributed by atoms with E-state index in [2.05, 4.69) is 34.4 Å². The number of ether oxygens (including phenoxy) is 1. The van der Waals surface area contributed by atoms with Gasteiger partial charge < -0.3 is 15.0 Å². The number of amides is 1. The van der Waals surface area contributed by atoms with Crippen LogP contribution in [0.3, 0.4) is 0 Å². The summed E-state index contributed by atoms with van der Waals surface area (Å²) in [6.07, 6.45) is 2.95. The van der Waals surface area contributed by atoms with Gasteiger partial charge in [-0.05, 0) is 31.5 Å². The number of nitrogens with zero attached hydrogens (tertiary/aromatic N) is 4. The number of hydrogen-bond donors (Lipinski definition) is 1. The SMILES string of the molecule is Cc1nn(C)c2ccc(OC3CCN(C4=NC5=C(CC4C)C(=O)NC5)CC3)cc12. The molecule has 0 aliphatic carbocycles. The molecule has 7 nitrogen and oxygen atoms in total. The van der Waals surface area contributed by atoms with Gasteiger partial charge in [-0.2, -0.15) is 5.10 Å². The summed E-state index contributed by atoms with van der Waals surface area (Å²) in [4.78, 5) is 19.1. The van der Waals surface area contributed by atoms with Crippen LogP contribution in [0, 0.1) is 12.8 Å². The number of aromatic nitrogens is 2. The molecular weight excluding hydrogens is 366 g/mol. The number of carbonyl (C=O) groups is 1. The van der Waals surface area contributed by atoms with E-state index in [0.29, 0.717) is 6.54 Å². The second-order valence-electron chi connectivity index (χ2n) is 8.38. The molecule has 1 atom stereocenters. The third-order valence-corrected chi connectivity index (χ3v) is 6.31. The molecule has 3 aliphatic rings. The molecule has 1 aromatic heterocycles. The Bertz CT molecular complexity index is 1040. The molecule has 3 aliphatic heterocycles. The van der Waals surface area contributed by atoms with Gasteiger partial charge in [0.25, 0.3) is 0 Å². The van der Waals surface area contributed by atoms with Crippen LogP contribution in [0.4, 0.5) is 0 Å². The van der Waals surface area contributed by atoms with E-state index in [0.717, 1.165) is 71.8 Å². The number of benzene rings is 1. The van der Waals surface area contributed by atoms with Crippen LogP contribution >= 0.6 is 0 Å². The maximum atomic E-state index is 11.9. The Morgan fingerprint density at radius 2 is 2.03 bits per heavy atom. The van der Waals surface area contributed by atoms with E-state index in [1.165, 1.54) is 0 Å². The van der Waals surface area contributed by atoms with Crippen LogP contribution in [0.1, 0.15) is 31.9 Å². The first kappa shape index (κ1) is 18.2. The lowest BCUT2D eigenvalue weighted by Crippen LogP contribution is -2.44. The smallest absolute Gasteiger partial charge is 0.249 e. The molecule has 1 amide bonds. The second-order valence-corrected chi connectivity index (χ2v) is 8.38. The van der Waals surface area contributed by atoms with Gasteiger partial charge in [0.2, 0.25) is 5.91 Å². The van der Waals surface area contributed by atoms with Gasteiger partial charge in [-0.15, -0.1) is 0 Å². The highest BCUT2D eigenvalue weighted by Crippen LogP contribution is 2.30. The molecule has 1 N–H and O–H groups in total. The van der Waals surface area contributed by atoms with Gasteiger partial charge in [0.15, 0.2) is 0 Å². The van der Waals surface area contributed by atoms with E-state index in [1.54, 1.807) is 0 Å². The largest absolute Gasteiger partial charge is 0.490 e. The maximum Gasteiger partial charge on any atom is 0.249 e. The van der Waals surface area contributed by atoms with Crippen LogP contribution in [0.25, 0.3) is 10.9 Å². The predicted molar refractivity (Wildman–Crippen MR) is 112 cm³/mol. The minimum Gasteiger partial charge on any atom is -0.490 e. The van der Waals surface area contributed by atoms with Crippen LogP contribution in [0.15, 0.2) is 34.5 Å². The third kappa shape index (κ3) is 3.18.